The summed E-state index contributed by atoms with van der Waals surface area (Å²) in [6.45, 7) is 0. The van der Waals surface area contributed by atoms with Crippen LogP contribution in [0.3, 0.4) is 0 Å². The van der Waals surface area contributed by atoms with Crippen LogP contribution in [0.2, 0.25) is 0 Å². The first kappa shape index (κ1) is 5.04. The maximum atomic E-state index is 9.88. The fourth-order valence-corrected chi connectivity index (χ4v) is 0.433. The average molecular weight is 133 g/mol. The van der Waals surface area contributed by atoms with Crippen LogP contribution in [0.25, 0.3) is 0 Å². The minimum absolute atomic E-state index is 0.611. The van der Waals surface area contributed by atoms with Crippen LogP contribution in [0, 0.1) is 0 Å². The molecule has 1 aliphatic heterocycles. The fourth-order valence-electron chi connectivity index (χ4n) is 0.221. The molecule has 0 aromatic rings. The summed E-state index contributed by atoms with van der Waals surface area (Å²) in [5, 5.41) is 9.22. The highest BCUT2D eigenvalue weighted by Gasteiger charge is 2.04. The van der Waals surface area contributed by atoms with E-state index in [1.165, 1.54) is 0 Å². The summed E-state index contributed by atoms with van der Waals surface area (Å²) in [4.78, 5) is 0. The van der Waals surface area contributed by atoms with Crippen LogP contribution in [0.1, 0.15) is 0 Å². The normalized spacial score (nSPS) is 15.2. The molecule has 42 valence electrons. The summed E-state index contributed by atoms with van der Waals surface area (Å²) < 4.78 is 20.4. The first-order valence-corrected chi connectivity index (χ1v) is 2.66. The molecule has 7 heteroatoms. The molecule has 0 unspecified atom stereocenters. The Labute approximate surface area is 45.8 Å². The molecule has 8 heavy (non-hydrogen) atoms. The SMILES string of the molecule is O=S(=O)=[N+]1C=NN=N1. The molecule has 0 saturated carbocycles. The van der Waals surface area contributed by atoms with Gasteiger partial charge in [-0.2, -0.15) is 0 Å². The van der Waals surface area contributed by atoms with Crippen molar-refractivity contribution in [2.45, 2.75) is 0 Å². The standard InChI is InChI=1S/CHN4O2S/c6-8(7)5-1-2-3-4-5/h1H/q+1. The molecule has 0 aromatic heterocycles. The predicted octanol–water partition coefficient (Wildman–Crippen LogP) is -0.614. The predicted molar refractivity (Wildman–Crippen MR) is 22.5 cm³/mol. The maximum absolute atomic E-state index is 9.88. The van der Waals surface area contributed by atoms with E-state index in [1.807, 2.05) is 0 Å². The van der Waals surface area contributed by atoms with Crippen molar-refractivity contribution in [1.29, 1.82) is 0 Å². The number of nitrogens with zero attached hydrogens (tertiary/aromatic N) is 4. The van der Waals surface area contributed by atoms with E-state index in [9.17, 15) is 8.42 Å². The molecule has 0 aromatic carbocycles. The maximum Gasteiger partial charge on any atom is 0.377 e. The van der Waals surface area contributed by atoms with E-state index >= 15 is 0 Å². The van der Waals surface area contributed by atoms with E-state index in [4.69, 9.17) is 0 Å². The van der Waals surface area contributed by atoms with Gasteiger partial charge in [0.1, 0.15) is 10.3 Å². The molecular formula is CHN4O2S+. The van der Waals surface area contributed by atoms with Gasteiger partial charge in [-0.15, -0.1) is 8.42 Å². The van der Waals surface area contributed by atoms with Gasteiger partial charge in [-0.05, 0) is 0 Å². The van der Waals surface area contributed by atoms with Gasteiger partial charge in [0.15, 0.2) is 0 Å². The smallest absolute Gasteiger partial charge is 0.147 e. The van der Waals surface area contributed by atoms with Crippen LogP contribution in [-0.2, 0) is 10.5 Å². The van der Waals surface area contributed by atoms with Crippen LogP contribution in [0.5, 0.6) is 0 Å². The fraction of sp³-hybridized carbons (Fsp3) is 0. The Hall–Kier alpha value is -1.11. The number of rotatable bonds is 0. The van der Waals surface area contributed by atoms with E-state index in [-0.39, 0.29) is 0 Å². The lowest BCUT2D eigenvalue weighted by molar-refractivity contribution is -0.378. The molecular weight excluding hydrogens is 132 g/mol. The molecule has 1 aliphatic rings. The van der Waals surface area contributed by atoms with Crippen molar-refractivity contribution in [1.82, 2.24) is 0 Å². The second kappa shape index (κ2) is 1.78. The van der Waals surface area contributed by atoms with Crippen LogP contribution >= 0.6 is 0 Å². The van der Waals surface area contributed by atoms with Gasteiger partial charge in [0.2, 0.25) is 5.22 Å². The highest BCUT2D eigenvalue weighted by molar-refractivity contribution is 7.59. The minimum Gasteiger partial charge on any atom is -0.147 e. The molecule has 0 aliphatic carbocycles. The average Bonchev–Trinajstić information content (AvgIpc) is 2.12. The van der Waals surface area contributed by atoms with Crippen molar-refractivity contribution in [3.05, 3.63) is 0 Å². The number of hydrogen-bond donors (Lipinski definition) is 0. The lowest BCUT2D eigenvalue weighted by atomic mass is 11.4. The zero-order valence-electron chi connectivity index (χ0n) is 3.59. The van der Waals surface area contributed by atoms with Gasteiger partial charge in [-0.1, -0.05) is 0 Å². The minimum atomic E-state index is -2.37. The van der Waals surface area contributed by atoms with Crippen LogP contribution in [0.15, 0.2) is 15.5 Å². The molecule has 0 spiro atoms. The second-order valence-electron chi connectivity index (χ2n) is 0.929. The van der Waals surface area contributed by atoms with Gasteiger partial charge in [-0.25, -0.2) is 0 Å². The molecule has 0 amide bonds. The van der Waals surface area contributed by atoms with E-state index < -0.39 is 10.5 Å². The van der Waals surface area contributed by atoms with E-state index in [0.29, 0.717) is 4.05 Å². The highest BCUT2D eigenvalue weighted by atomic mass is 32.2. The topological polar surface area (TPSA) is 74.2 Å². The van der Waals surface area contributed by atoms with Crippen molar-refractivity contribution >= 4 is 16.8 Å². The summed E-state index contributed by atoms with van der Waals surface area (Å²) in [6.07, 6.45) is 0.989. The van der Waals surface area contributed by atoms with Crippen LogP contribution < -0.4 is 0 Å². The van der Waals surface area contributed by atoms with Crippen molar-refractivity contribution in [3.8, 4) is 0 Å². The molecule has 0 fully saturated rings. The van der Waals surface area contributed by atoms with Crippen molar-refractivity contribution in [2.24, 2.45) is 15.5 Å². The highest BCUT2D eigenvalue weighted by Crippen LogP contribution is 1.85. The van der Waals surface area contributed by atoms with E-state index in [2.05, 4.69) is 15.5 Å². The summed E-state index contributed by atoms with van der Waals surface area (Å²) in [7, 11) is -2.37. The molecule has 0 radical (unpaired) electrons. The molecule has 0 atom stereocenters. The Balaban J connectivity index is 3.29. The van der Waals surface area contributed by atoms with E-state index in [1.54, 1.807) is 0 Å². The van der Waals surface area contributed by atoms with Crippen molar-refractivity contribution < 1.29 is 12.5 Å². The van der Waals surface area contributed by atoms with E-state index in [0.717, 1.165) is 6.34 Å². The van der Waals surface area contributed by atoms with Gasteiger partial charge in [0, 0.05) is 4.05 Å². The third-order valence-electron chi connectivity index (χ3n) is 0.483. The Morgan fingerprint density at radius 2 is 2.25 bits per heavy atom. The number of hydrogen-bond acceptors (Lipinski definition) is 4. The third-order valence-corrected chi connectivity index (χ3v) is 0.956. The van der Waals surface area contributed by atoms with Crippen LogP contribution in [-0.4, -0.2) is 18.8 Å². The first-order valence-electron chi connectivity index (χ1n) is 1.63. The third kappa shape index (κ3) is 0.757. The molecule has 0 N–H and O–H groups in total. The lowest BCUT2D eigenvalue weighted by Gasteiger charge is -1.60. The van der Waals surface area contributed by atoms with Gasteiger partial charge >= 0.3 is 16.8 Å². The summed E-state index contributed by atoms with van der Waals surface area (Å²) in [5.41, 5.74) is 0. The van der Waals surface area contributed by atoms with Gasteiger partial charge in [0.25, 0.3) is 0 Å². The Bertz CT molecular complexity index is 248. The Morgan fingerprint density at radius 1 is 1.50 bits per heavy atom. The monoisotopic (exact) mass is 133 g/mol. The van der Waals surface area contributed by atoms with Crippen LogP contribution in [0.4, 0.5) is 0 Å². The second-order valence-corrected chi connectivity index (χ2v) is 1.74. The first-order chi connectivity index (χ1) is 3.80. The largest absolute Gasteiger partial charge is 0.377 e. The molecule has 6 nitrogen and oxygen atoms in total. The Kier molecular flexibility index (Phi) is 1.12. The van der Waals surface area contributed by atoms with Gasteiger partial charge in [-0.3, -0.25) is 0 Å². The molecule has 0 bridgehead atoms. The quantitative estimate of drug-likeness (QED) is 0.413. The molecule has 1 heterocycles. The zero-order valence-corrected chi connectivity index (χ0v) is 4.41. The lowest BCUT2D eigenvalue weighted by Crippen LogP contribution is -1.92. The van der Waals surface area contributed by atoms with Gasteiger partial charge < -0.3 is 0 Å². The Morgan fingerprint density at radius 3 is 2.50 bits per heavy atom. The molecule has 0 saturated heterocycles. The summed E-state index contributed by atoms with van der Waals surface area (Å²) in [5.74, 6) is 0. The van der Waals surface area contributed by atoms with Gasteiger partial charge in [0.05, 0.1) is 0 Å². The zero-order chi connectivity index (χ0) is 5.98. The van der Waals surface area contributed by atoms with Crippen molar-refractivity contribution in [3.63, 3.8) is 0 Å². The molecule has 1 rings (SSSR count). The summed E-state index contributed by atoms with van der Waals surface area (Å²) >= 11 is 0. The van der Waals surface area contributed by atoms with Crippen molar-refractivity contribution in [2.75, 3.05) is 0 Å². The summed E-state index contributed by atoms with van der Waals surface area (Å²) in [6, 6.07) is 0.